The van der Waals surface area contributed by atoms with E-state index in [0.29, 0.717) is 17.9 Å². The Morgan fingerprint density at radius 1 is 1.07 bits per heavy atom. The summed E-state index contributed by atoms with van der Waals surface area (Å²) < 4.78 is 24.1. The fraction of sp³-hybridized carbons (Fsp3) is 0.217. The van der Waals surface area contributed by atoms with Crippen molar-refractivity contribution in [2.45, 2.75) is 6.54 Å². The van der Waals surface area contributed by atoms with Gasteiger partial charge in [0.2, 0.25) is 5.88 Å². The first-order valence-electron chi connectivity index (χ1n) is 9.77. The monoisotopic (exact) mass is 407 g/mol. The molecule has 0 aliphatic carbocycles. The van der Waals surface area contributed by atoms with Crippen LogP contribution < -0.4 is 15.0 Å². The third kappa shape index (κ3) is 4.93. The van der Waals surface area contributed by atoms with Gasteiger partial charge < -0.3 is 19.7 Å². The summed E-state index contributed by atoms with van der Waals surface area (Å²) in [5.74, 6) is -0.0782. The molecule has 0 bridgehead atoms. The SMILES string of the molecule is O=C(NCc1ccc(N2CCOCC2)cc1)c1cccnc1Oc1ccc(F)cc1. The maximum absolute atomic E-state index is 13.1. The third-order valence-electron chi connectivity index (χ3n) is 4.81. The van der Waals surface area contributed by atoms with Crippen molar-refractivity contribution in [2.75, 3.05) is 31.2 Å². The van der Waals surface area contributed by atoms with Crippen LogP contribution in [-0.4, -0.2) is 37.2 Å². The summed E-state index contributed by atoms with van der Waals surface area (Å²) in [7, 11) is 0. The van der Waals surface area contributed by atoms with Crippen LogP contribution in [-0.2, 0) is 11.3 Å². The van der Waals surface area contributed by atoms with E-state index in [1.165, 1.54) is 24.3 Å². The normalized spacial score (nSPS) is 13.7. The second kappa shape index (κ2) is 9.37. The van der Waals surface area contributed by atoms with Gasteiger partial charge in [-0.2, -0.15) is 0 Å². The molecule has 6 nitrogen and oxygen atoms in total. The molecule has 0 atom stereocenters. The first kappa shape index (κ1) is 19.8. The highest BCUT2D eigenvalue weighted by Gasteiger charge is 2.15. The predicted octanol–water partition coefficient (Wildman–Crippen LogP) is 3.78. The van der Waals surface area contributed by atoms with Crippen molar-refractivity contribution in [3.8, 4) is 11.6 Å². The zero-order valence-corrected chi connectivity index (χ0v) is 16.4. The lowest BCUT2D eigenvalue weighted by Gasteiger charge is -2.28. The molecule has 0 radical (unpaired) electrons. The summed E-state index contributed by atoms with van der Waals surface area (Å²) in [6.07, 6.45) is 1.54. The minimum atomic E-state index is -0.360. The number of aromatic nitrogens is 1. The lowest BCUT2D eigenvalue weighted by Crippen LogP contribution is -2.36. The number of carbonyl (C=O) groups excluding carboxylic acids is 1. The van der Waals surface area contributed by atoms with Crippen LogP contribution in [0, 0.1) is 5.82 Å². The zero-order valence-electron chi connectivity index (χ0n) is 16.4. The number of hydrogen-bond donors (Lipinski definition) is 1. The van der Waals surface area contributed by atoms with E-state index in [4.69, 9.17) is 9.47 Å². The Morgan fingerprint density at radius 2 is 1.80 bits per heavy atom. The highest BCUT2D eigenvalue weighted by Crippen LogP contribution is 2.23. The van der Waals surface area contributed by atoms with Crippen molar-refractivity contribution in [2.24, 2.45) is 0 Å². The van der Waals surface area contributed by atoms with Crippen LogP contribution in [0.3, 0.4) is 0 Å². The number of benzene rings is 2. The summed E-state index contributed by atoms with van der Waals surface area (Å²) >= 11 is 0. The van der Waals surface area contributed by atoms with Gasteiger partial charge in [0, 0.05) is 31.5 Å². The number of rotatable bonds is 6. The van der Waals surface area contributed by atoms with Crippen molar-refractivity contribution >= 4 is 11.6 Å². The van der Waals surface area contributed by atoms with Gasteiger partial charge in [-0.3, -0.25) is 4.79 Å². The summed E-state index contributed by atoms with van der Waals surface area (Å²) in [6.45, 7) is 3.63. The second-order valence-corrected chi connectivity index (χ2v) is 6.86. The minimum absolute atomic E-state index is 0.171. The van der Waals surface area contributed by atoms with E-state index in [1.807, 2.05) is 12.1 Å². The lowest BCUT2D eigenvalue weighted by atomic mass is 10.1. The lowest BCUT2D eigenvalue weighted by molar-refractivity contribution is 0.0948. The fourth-order valence-corrected chi connectivity index (χ4v) is 3.18. The summed E-state index contributed by atoms with van der Waals surface area (Å²) in [4.78, 5) is 19.1. The van der Waals surface area contributed by atoms with E-state index in [1.54, 1.807) is 18.3 Å². The predicted molar refractivity (Wildman–Crippen MR) is 111 cm³/mol. The Hall–Kier alpha value is -3.45. The van der Waals surface area contributed by atoms with Crippen molar-refractivity contribution < 1.29 is 18.7 Å². The van der Waals surface area contributed by atoms with E-state index >= 15 is 0 Å². The van der Waals surface area contributed by atoms with E-state index in [0.717, 1.165) is 37.6 Å². The minimum Gasteiger partial charge on any atom is -0.438 e. The molecule has 4 rings (SSSR count). The molecule has 0 saturated carbocycles. The molecule has 1 saturated heterocycles. The molecule has 1 aromatic heterocycles. The molecule has 1 aliphatic heterocycles. The Balaban J connectivity index is 1.38. The van der Waals surface area contributed by atoms with Gasteiger partial charge in [-0.25, -0.2) is 9.37 Å². The molecule has 3 aromatic rings. The van der Waals surface area contributed by atoms with E-state index in [9.17, 15) is 9.18 Å². The first-order valence-corrected chi connectivity index (χ1v) is 9.77. The molecule has 1 aliphatic rings. The van der Waals surface area contributed by atoms with Gasteiger partial charge in [0.25, 0.3) is 5.91 Å². The first-order chi connectivity index (χ1) is 14.7. The number of carbonyl (C=O) groups is 1. The Kier molecular flexibility index (Phi) is 6.20. The largest absolute Gasteiger partial charge is 0.438 e. The van der Waals surface area contributed by atoms with Crippen LogP contribution in [0.15, 0.2) is 66.9 Å². The van der Waals surface area contributed by atoms with E-state index in [-0.39, 0.29) is 17.6 Å². The van der Waals surface area contributed by atoms with Gasteiger partial charge in [0.1, 0.15) is 17.1 Å². The van der Waals surface area contributed by atoms with Crippen molar-refractivity contribution in [3.05, 3.63) is 83.8 Å². The van der Waals surface area contributed by atoms with Gasteiger partial charge in [-0.1, -0.05) is 12.1 Å². The highest BCUT2D eigenvalue weighted by atomic mass is 19.1. The maximum atomic E-state index is 13.1. The smallest absolute Gasteiger partial charge is 0.257 e. The number of pyridine rings is 1. The van der Waals surface area contributed by atoms with Crippen LogP contribution in [0.4, 0.5) is 10.1 Å². The van der Waals surface area contributed by atoms with Gasteiger partial charge >= 0.3 is 0 Å². The average molecular weight is 407 g/mol. The van der Waals surface area contributed by atoms with Crippen molar-refractivity contribution in [3.63, 3.8) is 0 Å². The second-order valence-electron chi connectivity index (χ2n) is 6.86. The molecule has 7 heteroatoms. The molecule has 30 heavy (non-hydrogen) atoms. The number of nitrogens with zero attached hydrogens (tertiary/aromatic N) is 2. The molecular formula is C23H22FN3O3. The van der Waals surface area contributed by atoms with Crippen molar-refractivity contribution in [1.82, 2.24) is 10.3 Å². The number of ether oxygens (including phenoxy) is 2. The molecule has 0 spiro atoms. The molecule has 0 unspecified atom stereocenters. The third-order valence-corrected chi connectivity index (χ3v) is 4.81. The van der Waals surface area contributed by atoms with Gasteiger partial charge in [-0.15, -0.1) is 0 Å². The number of morpholine rings is 1. The van der Waals surface area contributed by atoms with Crippen molar-refractivity contribution in [1.29, 1.82) is 0 Å². The summed E-state index contributed by atoms with van der Waals surface area (Å²) in [5.41, 5.74) is 2.45. The topological polar surface area (TPSA) is 63.7 Å². The fourth-order valence-electron chi connectivity index (χ4n) is 3.18. The Labute approximate surface area is 174 Å². The van der Waals surface area contributed by atoms with Crippen LogP contribution in [0.1, 0.15) is 15.9 Å². The quantitative estimate of drug-likeness (QED) is 0.674. The molecule has 2 aromatic carbocycles. The number of hydrogen-bond acceptors (Lipinski definition) is 5. The number of nitrogens with one attached hydrogen (secondary N) is 1. The van der Waals surface area contributed by atoms with E-state index < -0.39 is 0 Å². The van der Waals surface area contributed by atoms with Crippen LogP contribution in [0.5, 0.6) is 11.6 Å². The van der Waals surface area contributed by atoms with Gasteiger partial charge in [0.15, 0.2) is 0 Å². The van der Waals surface area contributed by atoms with Crippen LogP contribution >= 0.6 is 0 Å². The summed E-state index contributed by atoms with van der Waals surface area (Å²) in [5, 5.41) is 2.90. The summed E-state index contributed by atoms with van der Waals surface area (Å²) in [6, 6.07) is 17.0. The molecule has 1 amide bonds. The molecule has 1 N–H and O–H groups in total. The highest BCUT2D eigenvalue weighted by molar-refractivity contribution is 5.96. The van der Waals surface area contributed by atoms with Crippen LogP contribution in [0.2, 0.25) is 0 Å². The Morgan fingerprint density at radius 3 is 2.53 bits per heavy atom. The standard InChI is InChI=1S/C23H22FN3O3/c24-18-5-9-20(10-6-18)30-23-21(2-1-11-25-23)22(28)26-16-17-3-7-19(8-4-17)27-12-14-29-15-13-27/h1-11H,12-16H2,(H,26,28). The van der Waals surface area contributed by atoms with Gasteiger partial charge in [0.05, 0.1) is 13.2 Å². The zero-order chi connectivity index (χ0) is 20.8. The Bertz CT molecular complexity index is 987. The molecule has 1 fully saturated rings. The average Bonchev–Trinajstić information content (AvgIpc) is 2.80. The molecule has 2 heterocycles. The molecular weight excluding hydrogens is 385 g/mol. The van der Waals surface area contributed by atoms with E-state index in [2.05, 4.69) is 27.3 Å². The molecule has 154 valence electrons. The maximum Gasteiger partial charge on any atom is 0.257 e. The number of anilines is 1. The van der Waals surface area contributed by atoms with Crippen LogP contribution in [0.25, 0.3) is 0 Å². The van der Waals surface area contributed by atoms with Gasteiger partial charge in [-0.05, 0) is 54.1 Å². The number of halogens is 1. The number of amides is 1.